The first-order chi connectivity index (χ1) is 15.1. The maximum Gasteiger partial charge on any atom is 0.302 e. The summed E-state index contributed by atoms with van der Waals surface area (Å²) in [5.74, 6) is 4.98. The predicted molar refractivity (Wildman–Crippen MR) is 133 cm³/mol. The highest BCUT2D eigenvalue weighted by atomic mass is 16.5. The number of allylic oxidation sites excluding steroid dienone is 4. The lowest BCUT2D eigenvalue weighted by molar-refractivity contribution is -0.152. The van der Waals surface area contributed by atoms with Crippen LogP contribution in [0.3, 0.4) is 0 Å². The van der Waals surface area contributed by atoms with Crippen LogP contribution in [-0.4, -0.2) is 12.1 Å². The smallest absolute Gasteiger partial charge is 0.302 e. The van der Waals surface area contributed by atoms with Gasteiger partial charge in [-0.05, 0) is 104 Å². The Morgan fingerprint density at radius 2 is 1.69 bits per heavy atom. The summed E-state index contributed by atoms with van der Waals surface area (Å²) in [6, 6.07) is 0. The molecular weight excluding hydrogens is 392 g/mol. The van der Waals surface area contributed by atoms with Crippen molar-refractivity contribution in [3.63, 3.8) is 0 Å². The molecule has 4 rings (SSSR count). The zero-order valence-electron chi connectivity index (χ0n) is 21.8. The molecule has 4 aliphatic carbocycles. The Morgan fingerprint density at radius 3 is 2.38 bits per heavy atom. The fraction of sp³-hybridized carbons (Fsp3) is 0.833. The molecule has 180 valence electrons. The minimum Gasteiger partial charge on any atom is -0.463 e. The van der Waals surface area contributed by atoms with Gasteiger partial charge in [-0.1, -0.05) is 65.3 Å². The number of hydrogen-bond acceptors (Lipinski definition) is 2. The lowest BCUT2D eigenvalue weighted by Gasteiger charge is -2.58. The van der Waals surface area contributed by atoms with Crippen LogP contribution >= 0.6 is 0 Å². The molecule has 0 bridgehead atoms. The molecule has 0 amide bonds. The Hall–Kier alpha value is -1.05. The number of carbonyl (C=O) groups is 1. The number of ether oxygens (including phenoxy) is 1. The van der Waals surface area contributed by atoms with Crippen molar-refractivity contribution in [2.24, 2.45) is 52.3 Å². The van der Waals surface area contributed by atoms with Gasteiger partial charge in [-0.25, -0.2) is 0 Å². The van der Waals surface area contributed by atoms with Crippen LogP contribution in [0.1, 0.15) is 99.8 Å². The lowest BCUT2D eigenvalue weighted by Crippen LogP contribution is -2.50. The molecule has 2 heteroatoms. The van der Waals surface area contributed by atoms with Crippen LogP contribution in [0.2, 0.25) is 0 Å². The van der Waals surface area contributed by atoms with Gasteiger partial charge < -0.3 is 4.74 Å². The first kappa shape index (κ1) is 24.1. The second-order valence-corrected chi connectivity index (χ2v) is 12.8. The molecule has 0 unspecified atom stereocenters. The van der Waals surface area contributed by atoms with E-state index in [-0.39, 0.29) is 12.1 Å². The van der Waals surface area contributed by atoms with Crippen molar-refractivity contribution in [1.82, 2.24) is 0 Å². The van der Waals surface area contributed by atoms with Crippen LogP contribution in [0, 0.1) is 52.3 Å². The fourth-order valence-electron chi connectivity index (χ4n) is 8.43. The van der Waals surface area contributed by atoms with E-state index >= 15 is 0 Å². The van der Waals surface area contributed by atoms with Gasteiger partial charge in [0.25, 0.3) is 0 Å². The van der Waals surface area contributed by atoms with Gasteiger partial charge in [-0.2, -0.15) is 0 Å². The molecular formula is C30H48O2. The van der Waals surface area contributed by atoms with E-state index in [4.69, 9.17) is 4.74 Å². The molecule has 0 spiro atoms. The summed E-state index contributed by atoms with van der Waals surface area (Å²) in [6.45, 7) is 16.3. The molecule has 0 N–H and O–H groups in total. The van der Waals surface area contributed by atoms with E-state index < -0.39 is 0 Å². The number of hydrogen-bond donors (Lipinski definition) is 0. The van der Waals surface area contributed by atoms with Crippen LogP contribution in [0.4, 0.5) is 0 Å². The second kappa shape index (κ2) is 8.95. The number of rotatable bonds is 5. The monoisotopic (exact) mass is 440 g/mol. The summed E-state index contributed by atoms with van der Waals surface area (Å²) in [6.07, 6.45) is 17.9. The minimum atomic E-state index is -0.109. The molecule has 0 aliphatic heterocycles. The summed E-state index contributed by atoms with van der Waals surface area (Å²) < 4.78 is 5.64. The van der Waals surface area contributed by atoms with E-state index in [1.165, 1.54) is 38.5 Å². The average molecular weight is 441 g/mol. The number of carbonyl (C=O) groups excluding carboxylic acids is 1. The van der Waals surface area contributed by atoms with Gasteiger partial charge in [0.15, 0.2) is 0 Å². The zero-order valence-corrected chi connectivity index (χ0v) is 21.8. The van der Waals surface area contributed by atoms with E-state index in [0.717, 1.165) is 36.5 Å². The Morgan fingerprint density at radius 1 is 1.00 bits per heavy atom. The van der Waals surface area contributed by atoms with Gasteiger partial charge in [0.1, 0.15) is 6.10 Å². The third-order valence-electron chi connectivity index (χ3n) is 10.8. The molecule has 0 saturated heterocycles. The van der Waals surface area contributed by atoms with Crippen molar-refractivity contribution < 1.29 is 9.53 Å². The largest absolute Gasteiger partial charge is 0.463 e. The first-order valence-corrected chi connectivity index (χ1v) is 13.6. The van der Waals surface area contributed by atoms with E-state index in [2.05, 4.69) is 59.8 Å². The van der Waals surface area contributed by atoms with Crippen LogP contribution in [0.25, 0.3) is 0 Å². The molecule has 0 aromatic rings. The van der Waals surface area contributed by atoms with E-state index in [1.807, 2.05) is 5.57 Å². The average Bonchev–Trinajstić information content (AvgIpc) is 3.08. The second-order valence-electron chi connectivity index (χ2n) is 12.8. The van der Waals surface area contributed by atoms with Crippen LogP contribution in [0.5, 0.6) is 0 Å². The van der Waals surface area contributed by atoms with E-state index in [1.54, 1.807) is 6.92 Å². The Labute approximate surface area is 197 Å². The number of fused-ring (bicyclic) bond motifs is 5. The van der Waals surface area contributed by atoms with E-state index in [9.17, 15) is 4.79 Å². The van der Waals surface area contributed by atoms with Crippen molar-refractivity contribution in [3.05, 3.63) is 23.8 Å². The fourth-order valence-corrected chi connectivity index (χ4v) is 8.43. The molecule has 0 radical (unpaired) electrons. The van der Waals surface area contributed by atoms with Crippen molar-refractivity contribution in [2.45, 2.75) is 106 Å². The third-order valence-corrected chi connectivity index (χ3v) is 10.8. The molecule has 0 aromatic heterocycles. The summed E-state index contributed by atoms with van der Waals surface area (Å²) in [5.41, 5.74) is 2.70. The van der Waals surface area contributed by atoms with Crippen molar-refractivity contribution in [2.75, 3.05) is 0 Å². The van der Waals surface area contributed by atoms with Gasteiger partial charge in [0, 0.05) is 6.92 Å². The Kier molecular flexibility index (Phi) is 6.74. The molecule has 2 nitrogen and oxygen atoms in total. The normalized spacial score (nSPS) is 43.2. The van der Waals surface area contributed by atoms with Crippen molar-refractivity contribution in [1.29, 1.82) is 0 Å². The molecule has 3 fully saturated rings. The highest BCUT2D eigenvalue weighted by molar-refractivity contribution is 5.66. The lowest BCUT2D eigenvalue weighted by atomic mass is 9.47. The Balaban J connectivity index is 1.51. The minimum absolute atomic E-state index is 0.109. The van der Waals surface area contributed by atoms with E-state index in [0.29, 0.717) is 28.6 Å². The molecule has 0 aromatic carbocycles. The topological polar surface area (TPSA) is 26.3 Å². The van der Waals surface area contributed by atoms with Gasteiger partial charge in [0.2, 0.25) is 0 Å². The van der Waals surface area contributed by atoms with Gasteiger partial charge >= 0.3 is 5.97 Å². The quantitative estimate of drug-likeness (QED) is 0.320. The highest BCUT2D eigenvalue weighted by Gasteiger charge is 2.58. The zero-order chi connectivity index (χ0) is 23.3. The summed E-state index contributed by atoms with van der Waals surface area (Å²) in [4.78, 5) is 11.5. The third kappa shape index (κ3) is 4.14. The first-order valence-electron chi connectivity index (χ1n) is 13.6. The highest BCUT2D eigenvalue weighted by Crippen LogP contribution is 2.66. The molecule has 32 heavy (non-hydrogen) atoms. The van der Waals surface area contributed by atoms with Gasteiger partial charge in [0.05, 0.1) is 0 Å². The van der Waals surface area contributed by atoms with Crippen molar-refractivity contribution in [3.8, 4) is 0 Å². The summed E-state index contributed by atoms with van der Waals surface area (Å²) in [7, 11) is 0. The molecule has 0 heterocycles. The molecule has 4 aliphatic rings. The predicted octanol–water partition coefficient (Wildman–Crippen LogP) is 7.98. The SMILES string of the molecule is CC(=O)O[C@@H]1CC[C@]2(C)[C@H](CC=C3[C@@H]2CC[C@]2(C)[C@@H]([C@H](C)/C=C/[C@H](C)C(C)C)CC[C@@H]32)C1. The van der Waals surface area contributed by atoms with Gasteiger partial charge in [-0.15, -0.1) is 0 Å². The van der Waals surface area contributed by atoms with Crippen molar-refractivity contribution >= 4 is 5.97 Å². The Bertz CT molecular complexity index is 763. The van der Waals surface area contributed by atoms with Crippen LogP contribution in [-0.2, 0) is 9.53 Å². The molecule has 3 saturated carbocycles. The maximum atomic E-state index is 11.5. The summed E-state index contributed by atoms with van der Waals surface area (Å²) >= 11 is 0. The van der Waals surface area contributed by atoms with Crippen LogP contribution in [0.15, 0.2) is 23.8 Å². The summed E-state index contributed by atoms with van der Waals surface area (Å²) in [5, 5.41) is 0. The maximum absolute atomic E-state index is 11.5. The molecule has 9 atom stereocenters. The number of esters is 1. The van der Waals surface area contributed by atoms with Crippen LogP contribution < -0.4 is 0 Å². The standard InChI is InChI=1S/C30H48O2/c1-19(2)20(3)8-9-21(4)26-12-13-27-25-11-10-23-18-24(32-22(5)31)14-16-29(23,6)28(25)15-17-30(26,27)7/h8-9,11,19-21,23-24,26-28H,10,12-18H2,1-7H3/b9-8+/t20-,21+,23+,24+,26+,27-,28-,29+,30+/m0/s1. The van der Waals surface area contributed by atoms with Gasteiger partial charge in [-0.3, -0.25) is 4.79 Å².